The van der Waals surface area contributed by atoms with Crippen molar-refractivity contribution in [2.24, 2.45) is 11.1 Å². The average molecular weight is 262 g/mol. The Morgan fingerprint density at radius 3 is 2.79 bits per heavy atom. The van der Waals surface area contributed by atoms with Crippen LogP contribution in [0.1, 0.15) is 35.2 Å². The normalized spacial score (nSPS) is 15.9. The minimum atomic E-state index is -0.0402. The van der Waals surface area contributed by atoms with Gasteiger partial charge in [0.05, 0.1) is 7.11 Å². The van der Waals surface area contributed by atoms with Gasteiger partial charge in [-0.2, -0.15) is 0 Å². The van der Waals surface area contributed by atoms with Gasteiger partial charge in [0.1, 0.15) is 5.75 Å². The first-order valence-corrected chi connectivity index (χ1v) is 6.73. The molecule has 2 rings (SSSR count). The molecule has 4 heteroatoms. The molecule has 0 aromatic heterocycles. The Morgan fingerprint density at radius 2 is 2.21 bits per heavy atom. The van der Waals surface area contributed by atoms with E-state index in [2.05, 4.69) is 5.32 Å². The van der Waals surface area contributed by atoms with Gasteiger partial charge in [-0.05, 0) is 55.8 Å². The summed E-state index contributed by atoms with van der Waals surface area (Å²) < 4.78 is 5.24. The van der Waals surface area contributed by atoms with Crippen LogP contribution in [0.3, 0.4) is 0 Å². The lowest BCUT2D eigenvalue weighted by atomic mass is 10.0. The van der Waals surface area contributed by atoms with Crippen molar-refractivity contribution in [3.05, 3.63) is 29.3 Å². The molecule has 0 atom stereocenters. The van der Waals surface area contributed by atoms with Gasteiger partial charge in [-0.15, -0.1) is 0 Å². The predicted molar refractivity (Wildman–Crippen MR) is 75.4 cm³/mol. The Bertz CT molecular complexity index is 467. The summed E-state index contributed by atoms with van der Waals surface area (Å²) in [4.78, 5) is 12.1. The number of hydrogen-bond donors (Lipinski definition) is 2. The molecule has 0 heterocycles. The number of carbonyl (C=O) groups excluding carboxylic acids is 1. The maximum absolute atomic E-state index is 12.1. The number of methoxy groups -OCH3 is 1. The highest BCUT2D eigenvalue weighted by atomic mass is 16.5. The lowest BCUT2D eigenvalue weighted by molar-refractivity contribution is 0.0943. The van der Waals surface area contributed by atoms with Crippen LogP contribution in [-0.4, -0.2) is 26.1 Å². The molecule has 0 bridgehead atoms. The van der Waals surface area contributed by atoms with Crippen LogP contribution in [0.15, 0.2) is 18.2 Å². The number of amides is 1. The number of rotatable bonds is 6. The molecule has 19 heavy (non-hydrogen) atoms. The Labute approximate surface area is 114 Å². The van der Waals surface area contributed by atoms with Crippen LogP contribution in [-0.2, 0) is 0 Å². The second-order valence-electron chi connectivity index (χ2n) is 5.41. The summed E-state index contributed by atoms with van der Waals surface area (Å²) in [6, 6.07) is 5.52. The van der Waals surface area contributed by atoms with E-state index < -0.39 is 0 Å². The lowest BCUT2D eigenvalue weighted by Crippen LogP contribution is -2.31. The summed E-state index contributed by atoms with van der Waals surface area (Å²) in [5.41, 5.74) is 7.53. The number of hydrogen-bond acceptors (Lipinski definition) is 3. The first-order chi connectivity index (χ1) is 9.10. The van der Waals surface area contributed by atoms with Gasteiger partial charge >= 0.3 is 0 Å². The van der Waals surface area contributed by atoms with Crippen LogP contribution in [0.4, 0.5) is 0 Å². The molecule has 0 saturated heterocycles. The van der Waals surface area contributed by atoms with Crippen LogP contribution in [0.2, 0.25) is 0 Å². The van der Waals surface area contributed by atoms with E-state index in [0.717, 1.165) is 24.3 Å². The Balaban J connectivity index is 1.96. The average Bonchev–Trinajstić information content (AvgIpc) is 3.17. The number of nitrogens with one attached hydrogen (secondary N) is 1. The highest BCUT2D eigenvalue weighted by Gasteiger charge is 2.41. The summed E-state index contributed by atoms with van der Waals surface area (Å²) >= 11 is 0. The summed E-state index contributed by atoms with van der Waals surface area (Å²) in [6.45, 7) is 3.37. The van der Waals surface area contributed by atoms with Gasteiger partial charge in [0, 0.05) is 12.1 Å². The molecule has 1 aromatic rings. The van der Waals surface area contributed by atoms with Crippen molar-refractivity contribution in [1.29, 1.82) is 0 Å². The molecule has 1 aliphatic carbocycles. The molecule has 4 nitrogen and oxygen atoms in total. The number of benzene rings is 1. The second-order valence-corrected chi connectivity index (χ2v) is 5.41. The largest absolute Gasteiger partial charge is 0.496 e. The van der Waals surface area contributed by atoms with Gasteiger partial charge in [-0.25, -0.2) is 0 Å². The van der Waals surface area contributed by atoms with E-state index in [1.54, 1.807) is 13.2 Å². The third kappa shape index (κ3) is 3.26. The van der Waals surface area contributed by atoms with Gasteiger partial charge in [0.2, 0.25) is 0 Å². The van der Waals surface area contributed by atoms with E-state index in [-0.39, 0.29) is 11.3 Å². The van der Waals surface area contributed by atoms with Crippen molar-refractivity contribution in [2.45, 2.75) is 26.2 Å². The summed E-state index contributed by atoms with van der Waals surface area (Å²) in [6.07, 6.45) is 3.33. The van der Waals surface area contributed by atoms with Gasteiger partial charge in [-0.3, -0.25) is 4.79 Å². The molecule has 0 aliphatic heterocycles. The summed E-state index contributed by atoms with van der Waals surface area (Å²) in [5.74, 6) is 0.706. The second kappa shape index (κ2) is 5.61. The van der Waals surface area contributed by atoms with Crippen LogP contribution < -0.4 is 15.8 Å². The van der Waals surface area contributed by atoms with Gasteiger partial charge < -0.3 is 15.8 Å². The van der Waals surface area contributed by atoms with E-state index in [1.165, 1.54) is 12.8 Å². The number of carbonyl (C=O) groups is 1. The minimum Gasteiger partial charge on any atom is -0.496 e. The molecule has 3 N–H and O–H groups in total. The smallest absolute Gasteiger partial charge is 0.251 e. The van der Waals surface area contributed by atoms with Crippen LogP contribution in [0, 0.1) is 12.3 Å². The number of ether oxygens (including phenoxy) is 1. The Kier molecular flexibility index (Phi) is 4.10. The fourth-order valence-electron chi connectivity index (χ4n) is 2.33. The predicted octanol–water partition coefficient (Wildman–Crippen LogP) is 1.86. The summed E-state index contributed by atoms with van der Waals surface area (Å²) in [5, 5.41) is 3.01. The zero-order valence-corrected chi connectivity index (χ0v) is 11.7. The molecule has 1 aromatic carbocycles. The maximum Gasteiger partial charge on any atom is 0.251 e. The molecule has 0 unspecified atom stereocenters. The van der Waals surface area contributed by atoms with E-state index >= 15 is 0 Å². The molecule has 104 valence electrons. The third-order valence-corrected chi connectivity index (χ3v) is 3.93. The molecular formula is C15H22N2O2. The molecule has 0 radical (unpaired) electrons. The SMILES string of the molecule is COc1cc(C(=O)NCC2(CCN)CC2)ccc1C. The molecule has 1 aliphatic rings. The zero-order chi connectivity index (χ0) is 13.9. The van der Waals surface area contributed by atoms with Crippen molar-refractivity contribution in [3.63, 3.8) is 0 Å². The summed E-state index contributed by atoms with van der Waals surface area (Å²) in [7, 11) is 1.62. The molecule has 1 fully saturated rings. The molecule has 1 saturated carbocycles. The highest BCUT2D eigenvalue weighted by molar-refractivity contribution is 5.94. The van der Waals surface area contributed by atoms with Crippen LogP contribution in [0.5, 0.6) is 5.75 Å². The quantitative estimate of drug-likeness (QED) is 0.822. The molecule has 0 spiro atoms. The van der Waals surface area contributed by atoms with Gasteiger partial charge in [0.15, 0.2) is 0 Å². The Morgan fingerprint density at radius 1 is 1.47 bits per heavy atom. The fraction of sp³-hybridized carbons (Fsp3) is 0.533. The zero-order valence-electron chi connectivity index (χ0n) is 11.7. The van der Waals surface area contributed by atoms with Crippen molar-refractivity contribution >= 4 is 5.91 Å². The standard InChI is InChI=1S/C15H22N2O2/c1-11-3-4-12(9-13(11)19-2)14(18)17-10-15(5-6-15)7-8-16/h3-4,9H,5-8,10,16H2,1-2H3,(H,17,18). The van der Waals surface area contributed by atoms with Crippen LogP contribution >= 0.6 is 0 Å². The van der Waals surface area contributed by atoms with E-state index in [9.17, 15) is 4.79 Å². The number of nitrogens with two attached hydrogens (primary N) is 1. The Hall–Kier alpha value is -1.55. The highest BCUT2D eigenvalue weighted by Crippen LogP contribution is 2.47. The molecule has 1 amide bonds. The van der Waals surface area contributed by atoms with Gasteiger partial charge in [0.25, 0.3) is 5.91 Å². The van der Waals surface area contributed by atoms with E-state index in [1.807, 2.05) is 19.1 Å². The lowest BCUT2D eigenvalue weighted by Gasteiger charge is -2.15. The minimum absolute atomic E-state index is 0.0402. The van der Waals surface area contributed by atoms with Gasteiger partial charge in [-0.1, -0.05) is 6.07 Å². The monoisotopic (exact) mass is 262 g/mol. The van der Waals surface area contributed by atoms with E-state index in [0.29, 0.717) is 12.1 Å². The topological polar surface area (TPSA) is 64.3 Å². The first-order valence-electron chi connectivity index (χ1n) is 6.73. The maximum atomic E-state index is 12.1. The van der Waals surface area contributed by atoms with Crippen molar-refractivity contribution < 1.29 is 9.53 Å². The van der Waals surface area contributed by atoms with Crippen LogP contribution in [0.25, 0.3) is 0 Å². The molecular weight excluding hydrogens is 240 g/mol. The first kappa shape index (κ1) is 13.9. The third-order valence-electron chi connectivity index (χ3n) is 3.93. The fourth-order valence-corrected chi connectivity index (χ4v) is 2.33. The van der Waals surface area contributed by atoms with Crippen molar-refractivity contribution in [1.82, 2.24) is 5.32 Å². The van der Waals surface area contributed by atoms with Crippen molar-refractivity contribution in [3.8, 4) is 5.75 Å². The van der Waals surface area contributed by atoms with Crippen molar-refractivity contribution in [2.75, 3.05) is 20.2 Å². The van der Waals surface area contributed by atoms with E-state index in [4.69, 9.17) is 10.5 Å². The number of aryl methyl sites for hydroxylation is 1.